The lowest BCUT2D eigenvalue weighted by molar-refractivity contribution is 0.243. The third-order valence-corrected chi connectivity index (χ3v) is 6.45. The fourth-order valence-corrected chi connectivity index (χ4v) is 5.69. The molecule has 1 saturated carbocycles. The number of urea groups is 1. The Morgan fingerprint density at radius 3 is 2.31 bits per heavy atom. The largest absolute Gasteiger partial charge is 0.363 e. The van der Waals surface area contributed by atoms with Crippen LogP contribution in [0.15, 0.2) is 37.8 Å². The van der Waals surface area contributed by atoms with Gasteiger partial charge in [0.15, 0.2) is 0 Å². The van der Waals surface area contributed by atoms with Crippen LogP contribution in [0, 0.1) is 0 Å². The smallest absolute Gasteiger partial charge is 0.319 e. The van der Waals surface area contributed by atoms with Gasteiger partial charge >= 0.3 is 6.03 Å². The van der Waals surface area contributed by atoms with Crippen molar-refractivity contribution in [3.05, 3.63) is 37.8 Å². The molecule has 0 spiro atoms. The van der Waals surface area contributed by atoms with Crippen LogP contribution in [0.5, 0.6) is 0 Å². The second-order valence-electron chi connectivity index (χ2n) is 7.17. The molecule has 2 aromatic rings. The minimum absolute atomic E-state index is 0.148. The molecule has 1 aliphatic carbocycles. The molecule has 0 saturated heterocycles. The van der Waals surface area contributed by atoms with Gasteiger partial charge in [-0.1, -0.05) is 15.9 Å². The van der Waals surface area contributed by atoms with Gasteiger partial charge in [0.1, 0.15) is 5.82 Å². The third-order valence-electron chi connectivity index (χ3n) is 4.74. The summed E-state index contributed by atoms with van der Waals surface area (Å²) in [5, 5.41) is 9.41. The average molecular weight is 591 g/mol. The molecule has 10 heteroatoms. The number of rotatable bonds is 5. The lowest BCUT2D eigenvalue weighted by atomic mass is 9.91. The van der Waals surface area contributed by atoms with Gasteiger partial charge in [0.25, 0.3) is 0 Å². The van der Waals surface area contributed by atoms with Crippen molar-refractivity contribution in [3.63, 3.8) is 0 Å². The van der Waals surface area contributed by atoms with Crippen LogP contribution in [0.3, 0.4) is 0 Å². The van der Waals surface area contributed by atoms with Crippen LogP contribution >= 0.6 is 47.8 Å². The van der Waals surface area contributed by atoms with Crippen LogP contribution in [-0.2, 0) is 0 Å². The number of nitrogens with zero attached hydrogens (tertiary/aromatic N) is 3. The number of carbonyl (C=O) groups is 1. The number of hydrogen-bond acceptors (Lipinski definition) is 5. The number of halogens is 3. The Kier molecular flexibility index (Phi) is 7.75. The summed E-state index contributed by atoms with van der Waals surface area (Å²) in [5.74, 6) is 1.52. The monoisotopic (exact) mass is 588 g/mol. The van der Waals surface area contributed by atoms with Gasteiger partial charge < -0.3 is 20.9 Å². The van der Waals surface area contributed by atoms with Gasteiger partial charge in [0.2, 0.25) is 5.95 Å². The normalized spacial score (nSPS) is 18.8. The van der Waals surface area contributed by atoms with E-state index >= 15 is 0 Å². The molecule has 1 aromatic heterocycles. The Balaban J connectivity index is 1.48. The quantitative estimate of drug-likeness (QED) is 0.436. The Morgan fingerprint density at radius 1 is 1.07 bits per heavy atom. The van der Waals surface area contributed by atoms with Crippen LogP contribution in [0.4, 0.5) is 22.2 Å². The zero-order chi connectivity index (χ0) is 21.0. The van der Waals surface area contributed by atoms with Crippen LogP contribution in [-0.4, -0.2) is 42.2 Å². The van der Waals surface area contributed by atoms with Gasteiger partial charge in [-0.05, 0) is 75.7 Å². The number of amides is 2. The van der Waals surface area contributed by atoms with E-state index in [0.29, 0.717) is 17.7 Å². The number of benzene rings is 1. The molecule has 0 unspecified atom stereocenters. The number of hydrogen-bond donors (Lipinski definition) is 3. The molecule has 0 atom stereocenters. The third kappa shape index (κ3) is 6.29. The number of nitrogens with one attached hydrogen (secondary N) is 3. The fraction of sp³-hybridized carbons (Fsp3) is 0.421. The maximum atomic E-state index is 12.4. The summed E-state index contributed by atoms with van der Waals surface area (Å²) in [6.45, 7) is 0. The van der Waals surface area contributed by atoms with E-state index in [1.807, 2.05) is 37.2 Å². The molecule has 3 rings (SSSR count). The zero-order valence-electron chi connectivity index (χ0n) is 16.2. The molecular weight excluding hydrogens is 568 g/mol. The summed E-state index contributed by atoms with van der Waals surface area (Å²) >= 11 is 10.4. The van der Waals surface area contributed by atoms with Crippen molar-refractivity contribution >= 4 is 71.3 Å². The zero-order valence-corrected chi connectivity index (χ0v) is 20.9. The van der Waals surface area contributed by atoms with Crippen molar-refractivity contribution in [1.82, 2.24) is 15.3 Å². The maximum absolute atomic E-state index is 12.4. The van der Waals surface area contributed by atoms with E-state index in [1.165, 1.54) is 0 Å². The first-order valence-corrected chi connectivity index (χ1v) is 11.7. The molecule has 29 heavy (non-hydrogen) atoms. The second-order valence-corrected chi connectivity index (χ2v) is 9.79. The summed E-state index contributed by atoms with van der Waals surface area (Å²) in [6, 6.07) is 5.92. The minimum atomic E-state index is -0.202. The molecule has 0 radical (unpaired) electrons. The lowest BCUT2D eigenvalue weighted by Gasteiger charge is -2.30. The van der Waals surface area contributed by atoms with E-state index in [2.05, 4.69) is 73.7 Å². The second kappa shape index (κ2) is 10.1. The highest BCUT2D eigenvalue weighted by Gasteiger charge is 2.23. The number of aromatic nitrogens is 2. The predicted molar refractivity (Wildman–Crippen MR) is 128 cm³/mol. The molecule has 1 fully saturated rings. The van der Waals surface area contributed by atoms with Crippen LogP contribution in [0.25, 0.3) is 0 Å². The first-order valence-electron chi connectivity index (χ1n) is 9.31. The summed E-state index contributed by atoms with van der Waals surface area (Å²) in [7, 11) is 3.92. The van der Waals surface area contributed by atoms with Crippen LogP contribution < -0.4 is 20.9 Å². The molecule has 1 aliphatic rings. The standard InChI is InChI=1S/C19H23Br3N6O/c1-28(2)16-7-8-23-18(26-16)24-12-3-5-13(6-4-12)25-19(29)27-17-14(21)9-11(20)10-15(17)22/h7-10,12-13H,3-6H2,1-2H3,(H,23,24,26)(H2,25,27,29). The van der Waals surface area contributed by atoms with E-state index in [4.69, 9.17) is 0 Å². The molecule has 1 heterocycles. The predicted octanol–water partition coefficient (Wildman–Crippen LogP) is 5.37. The summed E-state index contributed by atoms with van der Waals surface area (Å²) in [6.07, 6.45) is 5.47. The summed E-state index contributed by atoms with van der Waals surface area (Å²) in [5.41, 5.74) is 0.707. The van der Waals surface area contributed by atoms with E-state index in [0.717, 1.165) is 44.9 Å². The Morgan fingerprint density at radius 2 is 1.69 bits per heavy atom. The van der Waals surface area contributed by atoms with Crippen molar-refractivity contribution < 1.29 is 4.79 Å². The fourth-order valence-electron chi connectivity index (χ4n) is 3.23. The van der Waals surface area contributed by atoms with Gasteiger partial charge in [0, 0.05) is 45.8 Å². The maximum Gasteiger partial charge on any atom is 0.319 e. The topological polar surface area (TPSA) is 82.2 Å². The SMILES string of the molecule is CN(C)c1ccnc(NC2CCC(NC(=O)Nc3c(Br)cc(Br)cc3Br)CC2)n1. The summed E-state index contributed by atoms with van der Waals surface area (Å²) < 4.78 is 2.54. The molecule has 0 bridgehead atoms. The van der Waals surface area contributed by atoms with Gasteiger partial charge in [0.05, 0.1) is 5.69 Å². The highest BCUT2D eigenvalue weighted by atomic mass is 79.9. The van der Waals surface area contributed by atoms with Gasteiger partial charge in [-0.3, -0.25) is 0 Å². The highest BCUT2D eigenvalue weighted by Crippen LogP contribution is 2.34. The first-order chi connectivity index (χ1) is 13.8. The van der Waals surface area contributed by atoms with Crippen molar-refractivity contribution in [1.29, 1.82) is 0 Å². The van der Waals surface area contributed by atoms with E-state index in [1.54, 1.807) is 6.20 Å². The minimum Gasteiger partial charge on any atom is -0.363 e. The summed E-state index contributed by atoms with van der Waals surface area (Å²) in [4.78, 5) is 23.2. The van der Waals surface area contributed by atoms with Gasteiger partial charge in [-0.2, -0.15) is 4.98 Å². The lowest BCUT2D eigenvalue weighted by Crippen LogP contribution is -2.42. The molecule has 1 aromatic carbocycles. The Labute approximate surface area is 195 Å². The van der Waals surface area contributed by atoms with Crippen molar-refractivity contribution in [3.8, 4) is 0 Å². The Bertz CT molecular complexity index is 848. The van der Waals surface area contributed by atoms with Crippen LogP contribution in [0.1, 0.15) is 25.7 Å². The van der Waals surface area contributed by atoms with Crippen molar-refractivity contribution in [2.24, 2.45) is 0 Å². The first kappa shape index (κ1) is 22.3. The molecule has 7 nitrogen and oxygen atoms in total. The molecule has 0 aliphatic heterocycles. The highest BCUT2D eigenvalue weighted by molar-refractivity contribution is 9.11. The van der Waals surface area contributed by atoms with E-state index < -0.39 is 0 Å². The van der Waals surface area contributed by atoms with Crippen molar-refractivity contribution in [2.75, 3.05) is 29.6 Å². The molecule has 156 valence electrons. The van der Waals surface area contributed by atoms with Gasteiger partial charge in [-0.25, -0.2) is 9.78 Å². The number of anilines is 3. The van der Waals surface area contributed by atoms with Crippen molar-refractivity contribution in [2.45, 2.75) is 37.8 Å². The molecule has 2 amide bonds. The number of carbonyl (C=O) groups excluding carboxylic acids is 1. The van der Waals surface area contributed by atoms with E-state index in [-0.39, 0.29) is 12.1 Å². The van der Waals surface area contributed by atoms with Gasteiger partial charge in [-0.15, -0.1) is 0 Å². The van der Waals surface area contributed by atoms with Crippen LogP contribution in [0.2, 0.25) is 0 Å². The average Bonchev–Trinajstić information content (AvgIpc) is 2.66. The van der Waals surface area contributed by atoms with E-state index in [9.17, 15) is 4.79 Å². The molecular formula is C19H23Br3N6O. The Hall–Kier alpha value is -1.39. The molecule has 3 N–H and O–H groups in total.